The molecule has 3 N–H and O–H groups in total. The van der Waals surface area contributed by atoms with E-state index in [1.54, 1.807) is 12.1 Å². The van der Waals surface area contributed by atoms with Gasteiger partial charge in [-0.3, -0.25) is 0 Å². The summed E-state index contributed by atoms with van der Waals surface area (Å²) in [5.74, 6) is -1.06. The van der Waals surface area contributed by atoms with Gasteiger partial charge in [-0.15, -0.1) is 0 Å². The second-order valence-corrected chi connectivity index (χ2v) is 4.42. The molecule has 0 unspecified atom stereocenters. The summed E-state index contributed by atoms with van der Waals surface area (Å²) in [5, 5.41) is 3.05. The standard InChI is InChI=1S/C14H12ClFN2O2/c1-20-14(19)9-7-8(5-6-12(9)17)18-13-10(15)3-2-4-11(13)16/h2-7,18H,17H2,1H3. The summed E-state index contributed by atoms with van der Waals surface area (Å²) < 4.78 is 18.3. The van der Waals surface area contributed by atoms with Crippen molar-refractivity contribution in [1.82, 2.24) is 0 Å². The Bertz CT molecular complexity index is 641. The van der Waals surface area contributed by atoms with Gasteiger partial charge in [0.2, 0.25) is 0 Å². The Labute approximate surface area is 120 Å². The van der Waals surface area contributed by atoms with Crippen LogP contribution >= 0.6 is 11.6 Å². The molecule has 104 valence electrons. The molecule has 4 nitrogen and oxygen atoms in total. The number of halogens is 2. The third-order valence-corrected chi connectivity index (χ3v) is 3.01. The average Bonchev–Trinajstić information content (AvgIpc) is 2.44. The monoisotopic (exact) mass is 294 g/mol. The van der Waals surface area contributed by atoms with Crippen molar-refractivity contribution in [2.24, 2.45) is 0 Å². The van der Waals surface area contributed by atoms with Crippen LogP contribution in [0.15, 0.2) is 36.4 Å². The third-order valence-electron chi connectivity index (χ3n) is 2.69. The first-order chi connectivity index (χ1) is 9.52. The van der Waals surface area contributed by atoms with E-state index in [4.69, 9.17) is 17.3 Å². The molecule has 0 fully saturated rings. The second-order valence-electron chi connectivity index (χ2n) is 4.02. The highest BCUT2D eigenvalue weighted by Crippen LogP contribution is 2.29. The topological polar surface area (TPSA) is 64.3 Å². The van der Waals surface area contributed by atoms with Crippen LogP contribution in [-0.4, -0.2) is 13.1 Å². The van der Waals surface area contributed by atoms with E-state index in [1.807, 2.05) is 0 Å². The number of hydrogen-bond acceptors (Lipinski definition) is 4. The lowest BCUT2D eigenvalue weighted by molar-refractivity contribution is 0.0602. The average molecular weight is 295 g/mol. The van der Waals surface area contributed by atoms with Gasteiger partial charge < -0.3 is 15.8 Å². The molecule has 0 saturated carbocycles. The van der Waals surface area contributed by atoms with E-state index < -0.39 is 11.8 Å². The predicted octanol–water partition coefficient (Wildman–Crippen LogP) is 3.59. The van der Waals surface area contributed by atoms with E-state index in [9.17, 15) is 9.18 Å². The second kappa shape index (κ2) is 5.79. The van der Waals surface area contributed by atoms with Crippen LogP contribution in [0, 0.1) is 5.82 Å². The molecule has 0 amide bonds. The lowest BCUT2D eigenvalue weighted by Crippen LogP contribution is -2.06. The number of nitrogens with two attached hydrogens (primary N) is 1. The highest BCUT2D eigenvalue weighted by molar-refractivity contribution is 6.33. The zero-order valence-corrected chi connectivity index (χ0v) is 11.4. The quantitative estimate of drug-likeness (QED) is 0.671. The zero-order valence-electron chi connectivity index (χ0n) is 10.6. The van der Waals surface area contributed by atoms with Gasteiger partial charge in [0.1, 0.15) is 5.82 Å². The summed E-state index contributed by atoms with van der Waals surface area (Å²) >= 11 is 5.92. The maximum absolute atomic E-state index is 13.7. The molecule has 0 bridgehead atoms. The number of rotatable bonds is 3. The normalized spacial score (nSPS) is 10.2. The molecule has 0 heterocycles. The molecule has 20 heavy (non-hydrogen) atoms. The number of carbonyl (C=O) groups excluding carboxylic acids is 1. The number of nitrogens with one attached hydrogen (secondary N) is 1. The van der Waals surface area contributed by atoms with Gasteiger partial charge in [-0.1, -0.05) is 17.7 Å². The number of carbonyl (C=O) groups is 1. The molecule has 0 aliphatic carbocycles. The van der Waals surface area contributed by atoms with Crippen molar-refractivity contribution in [3.63, 3.8) is 0 Å². The van der Waals surface area contributed by atoms with Crippen molar-refractivity contribution >= 4 is 34.6 Å². The lowest BCUT2D eigenvalue weighted by atomic mass is 10.1. The number of benzene rings is 2. The summed E-state index contributed by atoms with van der Waals surface area (Å²) in [6, 6.07) is 8.97. The van der Waals surface area contributed by atoms with Crippen LogP contribution in [0.2, 0.25) is 5.02 Å². The Balaban J connectivity index is 2.37. The van der Waals surface area contributed by atoms with Gasteiger partial charge in [0.15, 0.2) is 0 Å². The molecule has 0 saturated heterocycles. The Morgan fingerprint density at radius 1 is 1.35 bits per heavy atom. The largest absolute Gasteiger partial charge is 0.465 e. The van der Waals surface area contributed by atoms with Gasteiger partial charge in [0.25, 0.3) is 0 Å². The molecular formula is C14H12ClFN2O2. The Hall–Kier alpha value is -2.27. The van der Waals surface area contributed by atoms with Gasteiger partial charge in [0, 0.05) is 11.4 Å². The van der Waals surface area contributed by atoms with Gasteiger partial charge in [0.05, 0.1) is 23.4 Å². The Morgan fingerprint density at radius 3 is 2.75 bits per heavy atom. The van der Waals surface area contributed by atoms with Gasteiger partial charge in [-0.05, 0) is 30.3 Å². The minimum atomic E-state index is -0.564. The fourth-order valence-electron chi connectivity index (χ4n) is 1.68. The van der Waals surface area contributed by atoms with E-state index in [0.717, 1.165) is 0 Å². The van der Waals surface area contributed by atoms with Crippen LogP contribution in [0.25, 0.3) is 0 Å². The van der Waals surface area contributed by atoms with E-state index in [0.29, 0.717) is 5.69 Å². The van der Waals surface area contributed by atoms with Crippen molar-refractivity contribution in [2.45, 2.75) is 0 Å². The van der Waals surface area contributed by atoms with E-state index in [-0.39, 0.29) is 22.0 Å². The van der Waals surface area contributed by atoms with Crippen LogP contribution in [0.4, 0.5) is 21.5 Å². The summed E-state index contributed by atoms with van der Waals surface area (Å²) in [5.41, 5.74) is 6.78. The number of ether oxygens (including phenoxy) is 1. The Morgan fingerprint density at radius 2 is 2.10 bits per heavy atom. The summed E-state index contributed by atoms with van der Waals surface area (Å²) in [4.78, 5) is 11.5. The molecule has 0 radical (unpaired) electrons. The number of para-hydroxylation sites is 1. The summed E-state index contributed by atoms with van der Waals surface area (Å²) in [7, 11) is 1.26. The van der Waals surface area contributed by atoms with Crippen molar-refractivity contribution < 1.29 is 13.9 Å². The summed E-state index contributed by atoms with van der Waals surface area (Å²) in [6.07, 6.45) is 0. The smallest absolute Gasteiger partial charge is 0.340 e. The Kier molecular flexibility index (Phi) is 4.10. The maximum atomic E-state index is 13.7. The van der Waals surface area contributed by atoms with Crippen molar-refractivity contribution in [3.05, 3.63) is 52.8 Å². The fraction of sp³-hybridized carbons (Fsp3) is 0.0714. The van der Waals surface area contributed by atoms with Crippen molar-refractivity contribution in [1.29, 1.82) is 0 Å². The highest BCUT2D eigenvalue weighted by Gasteiger charge is 2.12. The molecule has 2 aromatic rings. The van der Waals surface area contributed by atoms with Gasteiger partial charge in [-0.2, -0.15) is 0 Å². The molecule has 2 aromatic carbocycles. The van der Waals surface area contributed by atoms with Crippen molar-refractivity contribution in [2.75, 3.05) is 18.2 Å². The number of esters is 1. The van der Waals surface area contributed by atoms with Crippen LogP contribution in [-0.2, 0) is 4.74 Å². The van der Waals surface area contributed by atoms with Crippen LogP contribution in [0.3, 0.4) is 0 Å². The number of anilines is 3. The number of methoxy groups -OCH3 is 1. The van der Waals surface area contributed by atoms with E-state index >= 15 is 0 Å². The molecule has 2 rings (SSSR count). The molecule has 0 aliphatic heterocycles. The predicted molar refractivity (Wildman–Crippen MR) is 76.9 cm³/mol. The fourth-order valence-corrected chi connectivity index (χ4v) is 1.89. The first-order valence-corrected chi connectivity index (χ1v) is 6.09. The minimum Gasteiger partial charge on any atom is -0.465 e. The highest BCUT2D eigenvalue weighted by atomic mass is 35.5. The molecule has 0 aromatic heterocycles. The van der Waals surface area contributed by atoms with Gasteiger partial charge in [-0.25, -0.2) is 9.18 Å². The van der Waals surface area contributed by atoms with Gasteiger partial charge >= 0.3 is 5.97 Å². The number of hydrogen-bond donors (Lipinski definition) is 2. The third kappa shape index (κ3) is 2.83. The molecule has 0 aliphatic rings. The first kappa shape index (κ1) is 14.1. The molecule has 0 atom stereocenters. The molecular weight excluding hydrogens is 283 g/mol. The van der Waals surface area contributed by atoms with E-state index in [2.05, 4.69) is 10.1 Å². The summed E-state index contributed by atoms with van der Waals surface area (Å²) in [6.45, 7) is 0. The van der Waals surface area contributed by atoms with Crippen LogP contribution < -0.4 is 11.1 Å². The van der Waals surface area contributed by atoms with E-state index in [1.165, 1.54) is 31.4 Å². The minimum absolute atomic E-state index is 0.134. The first-order valence-electron chi connectivity index (χ1n) is 5.72. The van der Waals surface area contributed by atoms with Crippen LogP contribution in [0.5, 0.6) is 0 Å². The number of nitrogen functional groups attached to an aromatic ring is 1. The lowest BCUT2D eigenvalue weighted by Gasteiger charge is -2.11. The molecule has 6 heteroatoms. The van der Waals surface area contributed by atoms with Crippen LogP contribution in [0.1, 0.15) is 10.4 Å². The SMILES string of the molecule is COC(=O)c1cc(Nc2c(F)cccc2Cl)ccc1N. The maximum Gasteiger partial charge on any atom is 0.340 e. The molecule has 0 spiro atoms. The van der Waals surface area contributed by atoms with Crippen molar-refractivity contribution in [3.8, 4) is 0 Å². The zero-order chi connectivity index (χ0) is 14.7.